The second-order valence-electron chi connectivity index (χ2n) is 5.70. The van der Waals surface area contributed by atoms with Gasteiger partial charge in [0.25, 0.3) is 0 Å². The summed E-state index contributed by atoms with van der Waals surface area (Å²) in [6.07, 6.45) is 6.72. The van der Waals surface area contributed by atoms with Crippen molar-refractivity contribution in [1.29, 1.82) is 0 Å². The molecule has 1 aliphatic carbocycles. The monoisotopic (exact) mass is 265 g/mol. The largest absolute Gasteiger partial charge is 0.350 e. The zero-order valence-corrected chi connectivity index (χ0v) is 11.8. The highest BCUT2D eigenvalue weighted by Crippen LogP contribution is 2.41. The van der Waals surface area contributed by atoms with E-state index >= 15 is 0 Å². The lowest BCUT2D eigenvalue weighted by atomic mass is 9.85. The Morgan fingerprint density at radius 3 is 2.83 bits per heavy atom. The fourth-order valence-electron chi connectivity index (χ4n) is 3.75. The predicted octanol–water partition coefficient (Wildman–Crippen LogP) is 3.60. The third kappa shape index (κ3) is 2.09. The molecule has 3 atom stereocenters. The number of rotatable bonds is 1. The van der Waals surface area contributed by atoms with Gasteiger partial charge >= 0.3 is 0 Å². The first-order valence-corrected chi connectivity index (χ1v) is 7.32. The molecular weight excluding hydrogens is 246 g/mol. The van der Waals surface area contributed by atoms with Gasteiger partial charge in [-0.3, -0.25) is 0 Å². The van der Waals surface area contributed by atoms with Crippen LogP contribution in [-0.4, -0.2) is 22.1 Å². The van der Waals surface area contributed by atoms with Gasteiger partial charge in [-0.2, -0.15) is 0 Å². The van der Waals surface area contributed by atoms with E-state index in [4.69, 9.17) is 11.6 Å². The quantitative estimate of drug-likeness (QED) is 0.727. The number of anilines is 1. The summed E-state index contributed by atoms with van der Waals surface area (Å²) >= 11 is 6.07. The predicted molar refractivity (Wildman–Crippen MR) is 74.1 cm³/mol. The summed E-state index contributed by atoms with van der Waals surface area (Å²) in [5.74, 6) is 2.64. The second-order valence-corrected chi connectivity index (χ2v) is 6.09. The maximum absolute atomic E-state index is 6.07. The maximum Gasteiger partial charge on any atom is 0.134 e. The number of fused-ring (bicyclic) bond motifs is 1. The first-order valence-electron chi connectivity index (χ1n) is 6.94. The molecule has 0 radical (unpaired) electrons. The average Bonchev–Trinajstić information content (AvgIpc) is 2.63. The van der Waals surface area contributed by atoms with Crippen LogP contribution in [-0.2, 0) is 0 Å². The van der Waals surface area contributed by atoms with Crippen molar-refractivity contribution in [2.45, 2.75) is 58.0 Å². The Hall–Kier alpha value is -0.830. The smallest absolute Gasteiger partial charge is 0.134 e. The Bertz CT molecular complexity index is 428. The van der Waals surface area contributed by atoms with Crippen molar-refractivity contribution in [3.8, 4) is 0 Å². The van der Waals surface area contributed by atoms with Gasteiger partial charge in [-0.05, 0) is 39.0 Å². The molecule has 0 spiro atoms. The Morgan fingerprint density at radius 2 is 2.06 bits per heavy atom. The van der Waals surface area contributed by atoms with Crippen LogP contribution < -0.4 is 4.90 Å². The van der Waals surface area contributed by atoms with E-state index in [-0.39, 0.29) is 0 Å². The van der Waals surface area contributed by atoms with Crippen LogP contribution in [0.25, 0.3) is 0 Å². The summed E-state index contributed by atoms with van der Waals surface area (Å²) in [6.45, 7) is 4.22. The van der Waals surface area contributed by atoms with Gasteiger partial charge < -0.3 is 4.90 Å². The van der Waals surface area contributed by atoms with Gasteiger partial charge in [-0.25, -0.2) is 9.97 Å². The molecule has 3 nitrogen and oxygen atoms in total. The lowest BCUT2D eigenvalue weighted by Crippen LogP contribution is -2.38. The average molecular weight is 266 g/mol. The number of hydrogen-bond donors (Lipinski definition) is 0. The Balaban J connectivity index is 1.94. The highest BCUT2D eigenvalue weighted by molar-refractivity contribution is 6.29. The van der Waals surface area contributed by atoms with E-state index in [1.54, 1.807) is 0 Å². The van der Waals surface area contributed by atoms with Gasteiger partial charge in [0.1, 0.15) is 16.8 Å². The van der Waals surface area contributed by atoms with E-state index in [0.717, 1.165) is 17.6 Å². The van der Waals surface area contributed by atoms with Gasteiger partial charge in [0.15, 0.2) is 0 Å². The molecule has 0 aromatic carbocycles. The van der Waals surface area contributed by atoms with Gasteiger partial charge in [0.05, 0.1) is 0 Å². The molecular formula is C14H20ClN3. The zero-order chi connectivity index (χ0) is 12.7. The van der Waals surface area contributed by atoms with Crippen LogP contribution in [0.5, 0.6) is 0 Å². The molecule has 1 aromatic heterocycles. The standard InChI is InChI=1S/C14H20ClN3/c1-9-7-11-5-3-4-6-12(11)18(9)14-8-13(15)16-10(2)17-14/h8-9,11-12H,3-7H2,1-2H3. The van der Waals surface area contributed by atoms with Crippen LogP contribution in [0, 0.1) is 12.8 Å². The molecule has 1 saturated carbocycles. The molecule has 4 heteroatoms. The fraction of sp³-hybridized carbons (Fsp3) is 0.714. The van der Waals surface area contributed by atoms with Crippen LogP contribution in [0.15, 0.2) is 6.07 Å². The molecule has 2 heterocycles. The molecule has 98 valence electrons. The van der Waals surface area contributed by atoms with E-state index in [1.807, 2.05) is 13.0 Å². The highest BCUT2D eigenvalue weighted by atomic mass is 35.5. The number of hydrogen-bond acceptors (Lipinski definition) is 3. The summed E-state index contributed by atoms with van der Waals surface area (Å²) < 4.78 is 0. The molecule has 1 saturated heterocycles. The van der Waals surface area contributed by atoms with Crippen molar-refractivity contribution in [3.63, 3.8) is 0 Å². The Kier molecular flexibility index (Phi) is 3.18. The van der Waals surface area contributed by atoms with Crippen molar-refractivity contribution in [1.82, 2.24) is 9.97 Å². The summed E-state index contributed by atoms with van der Waals surface area (Å²) in [4.78, 5) is 11.2. The SMILES string of the molecule is Cc1nc(Cl)cc(N2C(C)CC3CCCCC32)n1. The van der Waals surface area contributed by atoms with E-state index in [2.05, 4.69) is 21.8 Å². The van der Waals surface area contributed by atoms with Crippen molar-refractivity contribution >= 4 is 17.4 Å². The van der Waals surface area contributed by atoms with Crippen LogP contribution in [0.1, 0.15) is 44.9 Å². The van der Waals surface area contributed by atoms with Gasteiger partial charge in [-0.1, -0.05) is 24.4 Å². The van der Waals surface area contributed by atoms with Crippen LogP contribution in [0.2, 0.25) is 5.15 Å². The third-order valence-corrected chi connectivity index (χ3v) is 4.60. The minimum atomic E-state index is 0.559. The highest BCUT2D eigenvalue weighted by Gasteiger charge is 2.40. The third-order valence-electron chi connectivity index (χ3n) is 4.40. The minimum Gasteiger partial charge on any atom is -0.350 e. The molecule has 2 aliphatic rings. The molecule has 0 bridgehead atoms. The molecule has 1 aromatic rings. The summed E-state index contributed by atoms with van der Waals surface area (Å²) in [5.41, 5.74) is 0. The number of aryl methyl sites for hydroxylation is 1. The molecule has 1 aliphatic heterocycles. The normalized spacial score (nSPS) is 31.5. The number of halogens is 1. The second kappa shape index (κ2) is 4.69. The maximum atomic E-state index is 6.07. The topological polar surface area (TPSA) is 29.0 Å². The van der Waals surface area contributed by atoms with Gasteiger partial charge in [0.2, 0.25) is 0 Å². The number of nitrogens with zero attached hydrogens (tertiary/aromatic N) is 3. The zero-order valence-electron chi connectivity index (χ0n) is 11.1. The van der Waals surface area contributed by atoms with E-state index in [9.17, 15) is 0 Å². The van der Waals surface area contributed by atoms with E-state index < -0.39 is 0 Å². The van der Waals surface area contributed by atoms with Crippen molar-refractivity contribution in [2.75, 3.05) is 4.90 Å². The molecule has 3 rings (SSSR count). The van der Waals surface area contributed by atoms with E-state index in [0.29, 0.717) is 17.2 Å². The minimum absolute atomic E-state index is 0.559. The molecule has 0 amide bonds. The summed E-state index contributed by atoms with van der Waals surface area (Å²) in [6, 6.07) is 3.16. The first-order chi connectivity index (χ1) is 8.65. The Morgan fingerprint density at radius 1 is 1.28 bits per heavy atom. The lowest BCUT2D eigenvalue weighted by Gasteiger charge is -2.34. The molecule has 2 fully saturated rings. The van der Waals surface area contributed by atoms with Crippen LogP contribution in [0.3, 0.4) is 0 Å². The van der Waals surface area contributed by atoms with Crippen molar-refractivity contribution < 1.29 is 0 Å². The van der Waals surface area contributed by atoms with Crippen LogP contribution in [0.4, 0.5) is 5.82 Å². The number of aromatic nitrogens is 2. The summed E-state index contributed by atoms with van der Waals surface area (Å²) in [5, 5.41) is 0.559. The summed E-state index contributed by atoms with van der Waals surface area (Å²) in [7, 11) is 0. The van der Waals surface area contributed by atoms with Crippen LogP contribution >= 0.6 is 11.6 Å². The van der Waals surface area contributed by atoms with E-state index in [1.165, 1.54) is 32.1 Å². The van der Waals surface area contributed by atoms with Crippen molar-refractivity contribution in [2.24, 2.45) is 5.92 Å². The van der Waals surface area contributed by atoms with Crippen molar-refractivity contribution in [3.05, 3.63) is 17.0 Å². The fourth-order valence-corrected chi connectivity index (χ4v) is 3.97. The molecule has 18 heavy (non-hydrogen) atoms. The first kappa shape index (κ1) is 12.2. The molecule has 0 N–H and O–H groups in total. The Labute approximate surface area is 114 Å². The van der Waals surface area contributed by atoms with Gasteiger partial charge in [-0.15, -0.1) is 0 Å². The van der Waals surface area contributed by atoms with Gasteiger partial charge in [0, 0.05) is 18.2 Å². The lowest BCUT2D eigenvalue weighted by molar-refractivity contribution is 0.341. The molecule has 3 unspecified atom stereocenters.